The Kier molecular flexibility index (Phi) is 1.51. The standard InChI is InChI=1S/C7H4N2O2S/c10-9(11)5-4-12-6-2-1-3-8-7(5)6/h1-4H. The molecule has 2 aromatic rings. The maximum absolute atomic E-state index is 10.4. The predicted molar refractivity (Wildman–Crippen MR) is 46.3 cm³/mol. The lowest BCUT2D eigenvalue weighted by atomic mass is 10.4. The molecule has 0 spiro atoms. The minimum atomic E-state index is -0.411. The summed E-state index contributed by atoms with van der Waals surface area (Å²) in [6, 6.07) is 3.59. The topological polar surface area (TPSA) is 56.0 Å². The molecular formula is C7H4N2O2S. The van der Waals surface area contributed by atoms with Crippen LogP contribution >= 0.6 is 11.3 Å². The molecule has 0 aliphatic rings. The minimum absolute atomic E-state index is 0.0931. The fourth-order valence-corrected chi connectivity index (χ4v) is 1.84. The maximum Gasteiger partial charge on any atom is 0.306 e. The molecule has 0 saturated heterocycles. The van der Waals surface area contributed by atoms with Crippen LogP contribution in [0.3, 0.4) is 0 Å². The summed E-state index contributed by atoms with van der Waals surface area (Å²) >= 11 is 1.34. The third-order valence-electron chi connectivity index (χ3n) is 1.51. The van der Waals surface area contributed by atoms with E-state index in [1.54, 1.807) is 12.3 Å². The second kappa shape index (κ2) is 2.53. The van der Waals surface area contributed by atoms with Crippen molar-refractivity contribution in [3.63, 3.8) is 0 Å². The number of rotatable bonds is 1. The Morgan fingerprint density at radius 1 is 1.58 bits per heavy atom. The van der Waals surface area contributed by atoms with Gasteiger partial charge in [-0.3, -0.25) is 10.1 Å². The lowest BCUT2D eigenvalue weighted by molar-refractivity contribution is -0.382. The molecule has 0 aromatic carbocycles. The van der Waals surface area contributed by atoms with Crippen LogP contribution in [-0.2, 0) is 0 Å². The molecule has 0 fully saturated rings. The molecule has 0 N–H and O–H groups in total. The Morgan fingerprint density at radius 2 is 2.42 bits per heavy atom. The molecule has 0 atom stereocenters. The molecule has 60 valence electrons. The van der Waals surface area contributed by atoms with Crippen molar-refractivity contribution in [3.05, 3.63) is 33.8 Å². The Labute approximate surface area is 71.6 Å². The first-order valence-corrected chi connectivity index (χ1v) is 4.13. The molecule has 2 aromatic heterocycles. The van der Waals surface area contributed by atoms with Crippen molar-refractivity contribution < 1.29 is 4.92 Å². The number of nitrogens with zero attached hydrogens (tertiary/aromatic N) is 2. The van der Waals surface area contributed by atoms with Gasteiger partial charge in [0.2, 0.25) is 0 Å². The zero-order valence-corrected chi connectivity index (χ0v) is 6.75. The predicted octanol–water partition coefficient (Wildman–Crippen LogP) is 2.20. The van der Waals surface area contributed by atoms with Gasteiger partial charge in [0.05, 0.1) is 15.0 Å². The van der Waals surface area contributed by atoms with Gasteiger partial charge in [-0.2, -0.15) is 0 Å². The summed E-state index contributed by atoms with van der Waals surface area (Å²) in [4.78, 5) is 14.0. The van der Waals surface area contributed by atoms with Gasteiger partial charge in [-0.1, -0.05) is 0 Å². The number of pyridine rings is 1. The number of hydrogen-bond acceptors (Lipinski definition) is 4. The summed E-state index contributed by atoms with van der Waals surface area (Å²) in [5.74, 6) is 0. The lowest BCUT2D eigenvalue weighted by Gasteiger charge is -1.86. The van der Waals surface area contributed by atoms with Crippen molar-refractivity contribution in [2.75, 3.05) is 0 Å². The molecule has 2 rings (SSSR count). The second-order valence-corrected chi connectivity index (χ2v) is 3.14. The monoisotopic (exact) mass is 180 g/mol. The lowest BCUT2D eigenvalue weighted by Crippen LogP contribution is -1.85. The first kappa shape index (κ1) is 7.17. The van der Waals surface area contributed by atoms with Crippen molar-refractivity contribution in [2.24, 2.45) is 0 Å². The first-order chi connectivity index (χ1) is 5.79. The third-order valence-corrected chi connectivity index (χ3v) is 2.43. The molecule has 0 aliphatic carbocycles. The van der Waals surface area contributed by atoms with Gasteiger partial charge in [-0.15, -0.1) is 11.3 Å². The van der Waals surface area contributed by atoms with Crippen molar-refractivity contribution in [3.8, 4) is 0 Å². The van der Waals surface area contributed by atoms with E-state index in [0.29, 0.717) is 5.52 Å². The summed E-state index contributed by atoms with van der Waals surface area (Å²) in [6.45, 7) is 0. The molecular weight excluding hydrogens is 176 g/mol. The van der Waals surface area contributed by atoms with Gasteiger partial charge in [0.25, 0.3) is 0 Å². The second-order valence-electron chi connectivity index (χ2n) is 2.23. The Balaban J connectivity index is 2.79. The van der Waals surface area contributed by atoms with E-state index < -0.39 is 4.92 Å². The van der Waals surface area contributed by atoms with Gasteiger partial charge in [-0.25, -0.2) is 4.98 Å². The zero-order valence-electron chi connectivity index (χ0n) is 5.93. The Hall–Kier alpha value is -1.49. The molecule has 0 bridgehead atoms. The van der Waals surface area contributed by atoms with Crippen LogP contribution in [-0.4, -0.2) is 9.91 Å². The molecule has 2 heterocycles. The van der Waals surface area contributed by atoms with Crippen molar-refractivity contribution in [1.82, 2.24) is 4.98 Å². The van der Waals surface area contributed by atoms with Crippen LogP contribution in [0.25, 0.3) is 10.2 Å². The zero-order chi connectivity index (χ0) is 8.55. The quantitative estimate of drug-likeness (QED) is 0.499. The molecule has 0 saturated carbocycles. The largest absolute Gasteiger partial charge is 0.306 e. The minimum Gasteiger partial charge on any atom is -0.258 e. The SMILES string of the molecule is O=[N+]([O-])c1csc2cccnc12. The number of hydrogen-bond donors (Lipinski definition) is 0. The van der Waals surface area contributed by atoms with Gasteiger partial charge >= 0.3 is 5.69 Å². The highest BCUT2D eigenvalue weighted by Crippen LogP contribution is 2.29. The van der Waals surface area contributed by atoms with Crippen LogP contribution in [0.4, 0.5) is 5.69 Å². The molecule has 0 unspecified atom stereocenters. The Morgan fingerprint density at radius 3 is 3.17 bits per heavy atom. The Bertz CT molecular complexity index is 438. The van der Waals surface area contributed by atoms with Crippen molar-refractivity contribution in [1.29, 1.82) is 0 Å². The number of aromatic nitrogens is 1. The smallest absolute Gasteiger partial charge is 0.258 e. The molecule has 0 aliphatic heterocycles. The fraction of sp³-hybridized carbons (Fsp3) is 0. The number of thiophene rings is 1. The van der Waals surface area contributed by atoms with E-state index in [9.17, 15) is 10.1 Å². The van der Waals surface area contributed by atoms with Crippen LogP contribution < -0.4 is 0 Å². The van der Waals surface area contributed by atoms with E-state index in [4.69, 9.17) is 0 Å². The summed E-state index contributed by atoms with van der Waals surface area (Å²) < 4.78 is 0.851. The average Bonchev–Trinajstić information content (AvgIpc) is 2.47. The van der Waals surface area contributed by atoms with Gasteiger partial charge in [-0.05, 0) is 12.1 Å². The van der Waals surface area contributed by atoms with Crippen LogP contribution in [0.1, 0.15) is 0 Å². The van der Waals surface area contributed by atoms with E-state index in [1.165, 1.54) is 16.7 Å². The highest BCUT2D eigenvalue weighted by molar-refractivity contribution is 7.17. The summed E-state index contributed by atoms with van der Waals surface area (Å²) in [6.07, 6.45) is 1.56. The summed E-state index contributed by atoms with van der Waals surface area (Å²) in [5, 5.41) is 12.0. The van der Waals surface area contributed by atoms with Crippen molar-refractivity contribution >= 4 is 27.2 Å². The van der Waals surface area contributed by atoms with Crippen LogP contribution in [0, 0.1) is 10.1 Å². The van der Waals surface area contributed by atoms with Crippen LogP contribution in [0.15, 0.2) is 23.7 Å². The van der Waals surface area contributed by atoms with Gasteiger partial charge < -0.3 is 0 Å². The number of fused-ring (bicyclic) bond motifs is 1. The van der Waals surface area contributed by atoms with E-state index in [2.05, 4.69) is 4.98 Å². The van der Waals surface area contributed by atoms with Gasteiger partial charge in [0.1, 0.15) is 0 Å². The normalized spacial score (nSPS) is 10.3. The van der Waals surface area contributed by atoms with Gasteiger partial charge in [0.15, 0.2) is 5.52 Å². The third kappa shape index (κ3) is 0.947. The van der Waals surface area contributed by atoms with E-state index in [-0.39, 0.29) is 5.69 Å². The maximum atomic E-state index is 10.4. The van der Waals surface area contributed by atoms with Gasteiger partial charge in [0, 0.05) is 6.20 Å². The highest BCUT2D eigenvalue weighted by atomic mass is 32.1. The van der Waals surface area contributed by atoms with E-state index in [0.717, 1.165) is 4.70 Å². The molecule has 5 heteroatoms. The van der Waals surface area contributed by atoms with E-state index >= 15 is 0 Å². The van der Waals surface area contributed by atoms with Crippen molar-refractivity contribution in [2.45, 2.75) is 0 Å². The van der Waals surface area contributed by atoms with Crippen LogP contribution in [0.2, 0.25) is 0 Å². The molecule has 12 heavy (non-hydrogen) atoms. The molecule has 0 amide bonds. The summed E-state index contributed by atoms with van der Waals surface area (Å²) in [7, 11) is 0. The summed E-state index contributed by atoms with van der Waals surface area (Å²) in [5.41, 5.74) is 0.572. The molecule has 0 radical (unpaired) electrons. The highest BCUT2D eigenvalue weighted by Gasteiger charge is 2.13. The fourth-order valence-electron chi connectivity index (χ4n) is 0.983. The first-order valence-electron chi connectivity index (χ1n) is 3.25. The molecule has 4 nitrogen and oxygen atoms in total. The van der Waals surface area contributed by atoms with E-state index in [1.807, 2.05) is 6.07 Å². The number of nitro groups is 1. The average molecular weight is 180 g/mol. The van der Waals surface area contributed by atoms with Crippen LogP contribution in [0.5, 0.6) is 0 Å².